The second-order valence-corrected chi connectivity index (χ2v) is 12.8. The first kappa shape index (κ1) is 19.1. The number of anilines is 3. The fraction of sp³-hybridized carbons (Fsp3) is 0.0612. The Morgan fingerprint density at radius 2 is 1.00 bits per heavy atom. The van der Waals surface area contributed by atoms with Crippen LogP contribution in [-0.2, 0) is 5.41 Å². The number of benzene rings is 8. The summed E-state index contributed by atoms with van der Waals surface area (Å²) in [5.41, 5.74) is 4.55. The summed E-state index contributed by atoms with van der Waals surface area (Å²) < 4.78 is 115. The minimum Gasteiger partial charge on any atom is -0.310 e. The SMILES string of the molecule is [2H]c1c([2H])c([2H])c(-c2c([2H])c([2H])c(-c3c([2H])c([2H])c(N(c4cccc(-c5ccc6ccccc6c5)c4)c4ccc5c(c4)C(C)(C)c4ccccc4-5)c([2H])c3[2H])c([2H])c2[2H])c([2H])c1[2H]. The molecule has 0 unspecified atom stereocenters. The van der Waals surface area contributed by atoms with Gasteiger partial charge in [0.15, 0.2) is 0 Å². The molecule has 0 aliphatic heterocycles. The van der Waals surface area contributed by atoms with Gasteiger partial charge in [0.05, 0.1) is 17.8 Å². The van der Waals surface area contributed by atoms with Crippen LogP contribution in [0.15, 0.2) is 188 Å². The van der Waals surface area contributed by atoms with Crippen LogP contribution in [0.3, 0.4) is 0 Å². The van der Waals surface area contributed by atoms with Crippen molar-refractivity contribution in [3.05, 3.63) is 199 Å². The van der Waals surface area contributed by atoms with Crippen molar-refractivity contribution in [1.82, 2.24) is 0 Å². The smallest absolute Gasteiger partial charge is 0.0645 e. The van der Waals surface area contributed by atoms with Crippen molar-refractivity contribution in [1.29, 1.82) is 0 Å². The third-order valence-corrected chi connectivity index (χ3v) is 9.47. The molecule has 0 spiro atoms. The van der Waals surface area contributed by atoms with Gasteiger partial charge in [-0.2, -0.15) is 0 Å². The van der Waals surface area contributed by atoms with Gasteiger partial charge in [0, 0.05) is 22.5 Å². The Morgan fingerprint density at radius 1 is 0.400 bits per heavy atom. The zero-order valence-electron chi connectivity index (χ0n) is 40.3. The summed E-state index contributed by atoms with van der Waals surface area (Å²) in [4.78, 5) is 1.69. The fourth-order valence-corrected chi connectivity index (χ4v) is 6.91. The van der Waals surface area contributed by atoms with Crippen LogP contribution in [0.25, 0.3) is 55.3 Å². The molecule has 238 valence electrons. The van der Waals surface area contributed by atoms with Crippen LogP contribution in [0, 0.1) is 0 Å². The lowest BCUT2D eigenvalue weighted by Gasteiger charge is -2.28. The van der Waals surface area contributed by atoms with E-state index < -0.39 is 106 Å². The molecule has 9 rings (SSSR count). The first-order chi connectivity index (χ1) is 29.9. The normalized spacial score (nSPS) is 16.4. The molecule has 1 nitrogen and oxygen atoms in total. The Bertz CT molecular complexity index is 3180. The average Bonchev–Trinajstić information content (AvgIpc) is 3.52. The van der Waals surface area contributed by atoms with Crippen molar-refractivity contribution >= 4 is 27.8 Å². The highest BCUT2D eigenvalue weighted by Gasteiger charge is 2.35. The number of hydrogen-bond donors (Lipinski definition) is 0. The summed E-state index contributed by atoms with van der Waals surface area (Å²) >= 11 is 0. The summed E-state index contributed by atoms with van der Waals surface area (Å²) in [6.07, 6.45) is 0. The van der Waals surface area contributed by atoms with Gasteiger partial charge >= 0.3 is 0 Å². The lowest BCUT2D eigenvalue weighted by atomic mass is 9.82. The van der Waals surface area contributed by atoms with Crippen LogP contribution in [0.4, 0.5) is 17.1 Å². The van der Waals surface area contributed by atoms with E-state index in [1.807, 2.05) is 91.0 Å². The first-order valence-corrected chi connectivity index (χ1v) is 16.4. The predicted molar refractivity (Wildman–Crippen MR) is 213 cm³/mol. The van der Waals surface area contributed by atoms with Gasteiger partial charge in [0.1, 0.15) is 0 Å². The zero-order chi connectivity index (χ0) is 45.0. The van der Waals surface area contributed by atoms with Crippen molar-refractivity contribution in [3.8, 4) is 44.5 Å². The molecule has 0 atom stereocenters. The largest absolute Gasteiger partial charge is 0.310 e. The number of nitrogens with zero attached hydrogens (tertiary/aromatic N) is 1. The molecule has 0 saturated carbocycles. The Balaban J connectivity index is 1.27. The number of fused-ring (bicyclic) bond motifs is 4. The molecule has 0 aromatic heterocycles. The molecule has 1 aliphatic rings. The van der Waals surface area contributed by atoms with Crippen LogP contribution in [-0.4, -0.2) is 0 Å². The van der Waals surface area contributed by atoms with E-state index in [2.05, 4.69) is 32.0 Å². The average molecular weight is 653 g/mol. The Morgan fingerprint density at radius 3 is 1.76 bits per heavy atom. The van der Waals surface area contributed by atoms with Crippen molar-refractivity contribution in [2.45, 2.75) is 19.3 Å². The molecular formula is C49H37N. The van der Waals surface area contributed by atoms with E-state index in [0.29, 0.717) is 11.4 Å². The summed E-state index contributed by atoms with van der Waals surface area (Å²) in [6.45, 7) is 4.27. The molecule has 0 amide bonds. The molecule has 50 heavy (non-hydrogen) atoms. The molecule has 0 radical (unpaired) electrons. The minimum atomic E-state index is -0.764. The molecule has 8 aromatic rings. The van der Waals surface area contributed by atoms with E-state index in [1.165, 1.54) is 0 Å². The quantitative estimate of drug-likeness (QED) is 0.173. The highest BCUT2D eigenvalue weighted by atomic mass is 15.1. The van der Waals surface area contributed by atoms with Crippen molar-refractivity contribution in [2.24, 2.45) is 0 Å². The predicted octanol–water partition coefficient (Wildman–Crippen LogP) is 13.6. The van der Waals surface area contributed by atoms with Gasteiger partial charge in [-0.15, -0.1) is 0 Å². The maximum atomic E-state index is 9.59. The number of hydrogen-bond acceptors (Lipinski definition) is 1. The molecule has 8 aromatic carbocycles. The van der Waals surface area contributed by atoms with Gasteiger partial charge in [0.25, 0.3) is 0 Å². The lowest BCUT2D eigenvalue weighted by molar-refractivity contribution is 0.660. The molecule has 1 aliphatic carbocycles. The van der Waals surface area contributed by atoms with E-state index >= 15 is 0 Å². The molecule has 0 fully saturated rings. The molecule has 0 bridgehead atoms. The molecular weight excluding hydrogens is 603 g/mol. The summed E-state index contributed by atoms with van der Waals surface area (Å²) in [5, 5.41) is 2.12. The highest BCUT2D eigenvalue weighted by Crippen LogP contribution is 2.50. The monoisotopic (exact) mass is 652 g/mol. The van der Waals surface area contributed by atoms with Crippen LogP contribution in [0.1, 0.15) is 42.8 Å². The van der Waals surface area contributed by atoms with Gasteiger partial charge in [-0.1, -0.05) is 159 Å². The van der Waals surface area contributed by atoms with Crippen LogP contribution >= 0.6 is 0 Å². The minimum absolute atomic E-state index is 0.108. The Hall–Kier alpha value is -6.18. The van der Waals surface area contributed by atoms with Gasteiger partial charge in [0.2, 0.25) is 0 Å². The molecule has 0 N–H and O–H groups in total. The zero-order valence-corrected chi connectivity index (χ0v) is 27.3. The van der Waals surface area contributed by atoms with Crippen molar-refractivity contribution in [3.63, 3.8) is 0 Å². The first-order valence-electron chi connectivity index (χ1n) is 22.9. The van der Waals surface area contributed by atoms with Gasteiger partial charge in [-0.25, -0.2) is 0 Å². The van der Waals surface area contributed by atoms with Gasteiger partial charge < -0.3 is 4.90 Å². The van der Waals surface area contributed by atoms with Crippen LogP contribution < -0.4 is 4.90 Å². The fourth-order valence-electron chi connectivity index (χ4n) is 6.91. The van der Waals surface area contributed by atoms with E-state index in [9.17, 15) is 5.48 Å². The van der Waals surface area contributed by atoms with E-state index in [1.54, 1.807) is 4.90 Å². The maximum absolute atomic E-state index is 9.59. The summed E-state index contributed by atoms with van der Waals surface area (Å²) in [5.74, 6) is 0. The Labute approximate surface area is 313 Å². The molecule has 1 heteroatoms. The van der Waals surface area contributed by atoms with Crippen LogP contribution in [0.5, 0.6) is 0 Å². The second kappa shape index (κ2) is 12.1. The standard InChI is InChI=1S/C49H37N/c1-49(2)47-18-9-8-17-45(47)46-30-29-44(33-48(46)49)50(43-16-10-15-40(32-43)41-24-23-35-13-6-7-14-39(35)31-41)42-27-25-38(26-28-42)37-21-19-36(20-22-37)34-11-4-3-5-12-34/h3-33H,1-2H3/i3D,4D,5D,11D,12D,19D,20D,21D,22D,25D,26D,27D,28D. The maximum Gasteiger partial charge on any atom is 0.0645 e. The Kier molecular flexibility index (Phi) is 4.61. The summed E-state index contributed by atoms with van der Waals surface area (Å²) in [7, 11) is 0. The lowest BCUT2D eigenvalue weighted by Crippen LogP contribution is -2.16. The third kappa shape index (κ3) is 5.19. The van der Waals surface area contributed by atoms with E-state index in [4.69, 9.17) is 12.3 Å². The topological polar surface area (TPSA) is 3.24 Å². The van der Waals surface area contributed by atoms with E-state index in [0.717, 1.165) is 44.2 Å². The third-order valence-electron chi connectivity index (χ3n) is 9.47. The van der Waals surface area contributed by atoms with Gasteiger partial charge in [-0.3, -0.25) is 0 Å². The summed E-state index contributed by atoms with van der Waals surface area (Å²) in [6, 6.07) is 27.0. The highest BCUT2D eigenvalue weighted by molar-refractivity contribution is 5.90. The second-order valence-electron chi connectivity index (χ2n) is 12.8. The number of rotatable bonds is 6. The van der Waals surface area contributed by atoms with E-state index in [-0.39, 0.29) is 5.69 Å². The molecule has 0 saturated heterocycles. The van der Waals surface area contributed by atoms with Crippen molar-refractivity contribution in [2.75, 3.05) is 4.90 Å². The van der Waals surface area contributed by atoms with Crippen molar-refractivity contribution < 1.29 is 17.8 Å². The van der Waals surface area contributed by atoms with Gasteiger partial charge in [-0.05, 0) is 109 Å². The van der Waals surface area contributed by atoms with Crippen LogP contribution in [0.2, 0.25) is 0 Å². The molecule has 0 heterocycles.